The van der Waals surface area contributed by atoms with E-state index in [4.69, 9.17) is 4.52 Å². The molecule has 1 fully saturated rings. The monoisotopic (exact) mass is 433 g/mol. The fourth-order valence-electron chi connectivity index (χ4n) is 3.61. The number of aromatic nitrogens is 6. The van der Waals surface area contributed by atoms with Crippen LogP contribution < -0.4 is 4.90 Å². The molecule has 32 heavy (non-hydrogen) atoms. The van der Waals surface area contributed by atoms with E-state index in [9.17, 15) is 10.1 Å². The Labute approximate surface area is 182 Å². The highest BCUT2D eigenvalue weighted by molar-refractivity contribution is 5.58. The van der Waals surface area contributed by atoms with Crippen LogP contribution in [0.2, 0.25) is 0 Å². The third-order valence-electron chi connectivity index (χ3n) is 5.25. The summed E-state index contributed by atoms with van der Waals surface area (Å²) in [6.07, 6.45) is 0. The summed E-state index contributed by atoms with van der Waals surface area (Å²) in [5, 5.41) is 27.1. The summed E-state index contributed by atoms with van der Waals surface area (Å²) >= 11 is 0. The summed E-state index contributed by atoms with van der Waals surface area (Å²) in [6, 6.07) is 16.0. The number of hydrogen-bond donors (Lipinski definition) is 0. The lowest BCUT2D eigenvalue weighted by Crippen LogP contribution is -2.46. The fourth-order valence-corrected chi connectivity index (χ4v) is 3.61. The molecule has 12 heteroatoms. The average Bonchev–Trinajstić information content (AvgIpc) is 3.50. The molecule has 3 heterocycles. The molecular weight excluding hydrogens is 414 g/mol. The number of hydrogen-bond acceptors (Lipinski definition) is 10. The minimum Gasteiger partial charge on any atom is -0.338 e. The minimum absolute atomic E-state index is 0.0113. The van der Waals surface area contributed by atoms with Gasteiger partial charge in [-0.1, -0.05) is 40.6 Å². The van der Waals surface area contributed by atoms with Crippen LogP contribution in [0.5, 0.6) is 0 Å². The van der Waals surface area contributed by atoms with E-state index in [-0.39, 0.29) is 5.69 Å². The predicted octanol–water partition coefficient (Wildman–Crippen LogP) is 1.94. The van der Waals surface area contributed by atoms with Gasteiger partial charge in [0.05, 0.1) is 17.2 Å². The maximum Gasteiger partial charge on any atom is 0.270 e. The molecule has 0 radical (unpaired) electrons. The van der Waals surface area contributed by atoms with Gasteiger partial charge in [-0.3, -0.25) is 15.0 Å². The van der Waals surface area contributed by atoms with Gasteiger partial charge in [-0.15, -0.1) is 0 Å². The van der Waals surface area contributed by atoms with E-state index in [2.05, 4.69) is 35.5 Å². The highest BCUT2D eigenvalue weighted by Gasteiger charge is 2.24. The topological polar surface area (TPSA) is 132 Å². The molecule has 1 aliphatic rings. The molecule has 5 rings (SSSR count). The fraction of sp³-hybridized carbons (Fsp3) is 0.250. The second kappa shape index (κ2) is 8.51. The van der Waals surface area contributed by atoms with Gasteiger partial charge in [0.15, 0.2) is 0 Å². The maximum absolute atomic E-state index is 11.0. The number of tetrazole rings is 1. The van der Waals surface area contributed by atoms with Gasteiger partial charge in [0.1, 0.15) is 0 Å². The van der Waals surface area contributed by atoms with Crippen LogP contribution in [0, 0.1) is 10.1 Å². The van der Waals surface area contributed by atoms with Crippen LogP contribution in [-0.4, -0.2) is 66.4 Å². The molecular formula is C20H19N9O3. The van der Waals surface area contributed by atoms with Crippen molar-refractivity contribution in [2.24, 2.45) is 0 Å². The highest BCUT2D eigenvalue weighted by atomic mass is 16.6. The third kappa shape index (κ3) is 4.03. The lowest BCUT2D eigenvalue weighted by atomic mass is 10.2. The molecule has 0 atom stereocenters. The maximum atomic E-state index is 11.0. The molecule has 4 aromatic rings. The van der Waals surface area contributed by atoms with E-state index in [1.807, 2.05) is 30.3 Å². The zero-order chi connectivity index (χ0) is 21.9. The second-order valence-corrected chi connectivity index (χ2v) is 7.31. The first-order valence-corrected chi connectivity index (χ1v) is 10.1. The zero-order valence-corrected chi connectivity index (χ0v) is 17.0. The summed E-state index contributed by atoms with van der Waals surface area (Å²) < 4.78 is 7.11. The van der Waals surface area contributed by atoms with Gasteiger partial charge >= 0.3 is 0 Å². The van der Waals surface area contributed by atoms with Crippen molar-refractivity contribution in [1.82, 2.24) is 35.2 Å². The van der Waals surface area contributed by atoms with Crippen LogP contribution >= 0.6 is 0 Å². The van der Waals surface area contributed by atoms with E-state index in [1.165, 1.54) is 12.1 Å². The average molecular weight is 433 g/mol. The Kier molecular flexibility index (Phi) is 5.25. The molecule has 1 aliphatic heterocycles. The molecule has 1 saturated heterocycles. The lowest BCUT2D eigenvalue weighted by molar-refractivity contribution is -0.384. The Morgan fingerprint density at radius 2 is 1.84 bits per heavy atom. The van der Waals surface area contributed by atoms with Gasteiger partial charge in [-0.25, -0.2) is 0 Å². The Bertz CT molecular complexity index is 1220. The molecule has 12 nitrogen and oxygen atoms in total. The number of para-hydroxylation sites is 1. The minimum atomic E-state index is -0.446. The summed E-state index contributed by atoms with van der Waals surface area (Å²) in [5.74, 6) is 1.51. The van der Waals surface area contributed by atoms with Crippen molar-refractivity contribution in [3.05, 3.63) is 70.6 Å². The standard InChI is InChI=1S/C20H19N9O3/c30-29(31)17-8-4-5-15(13-17)19-21-18(32-23-19)14-26-9-11-27(12-10-26)20-22-24-25-28(20)16-6-2-1-3-7-16/h1-8,13H,9-12,14H2. The van der Waals surface area contributed by atoms with Gasteiger partial charge < -0.3 is 9.42 Å². The van der Waals surface area contributed by atoms with Gasteiger partial charge in [-0.2, -0.15) is 9.67 Å². The first-order chi connectivity index (χ1) is 15.7. The highest BCUT2D eigenvalue weighted by Crippen LogP contribution is 2.22. The molecule has 0 unspecified atom stereocenters. The zero-order valence-electron chi connectivity index (χ0n) is 17.0. The molecule has 0 N–H and O–H groups in total. The van der Waals surface area contributed by atoms with Crippen LogP contribution in [0.25, 0.3) is 17.1 Å². The van der Waals surface area contributed by atoms with Gasteiger partial charge in [0.2, 0.25) is 17.7 Å². The van der Waals surface area contributed by atoms with Crippen LogP contribution in [0.15, 0.2) is 59.1 Å². The first-order valence-electron chi connectivity index (χ1n) is 10.1. The second-order valence-electron chi connectivity index (χ2n) is 7.31. The molecule has 2 aromatic carbocycles. The Morgan fingerprint density at radius 1 is 1.03 bits per heavy atom. The van der Waals surface area contributed by atoms with Crippen molar-refractivity contribution in [3.8, 4) is 17.1 Å². The molecule has 0 spiro atoms. The number of nitro groups is 1. The molecule has 2 aromatic heterocycles. The van der Waals surface area contributed by atoms with Gasteiger partial charge in [-0.05, 0) is 22.6 Å². The van der Waals surface area contributed by atoms with Crippen LogP contribution in [0.4, 0.5) is 11.6 Å². The lowest BCUT2D eigenvalue weighted by Gasteiger charge is -2.33. The summed E-state index contributed by atoms with van der Waals surface area (Å²) in [5.41, 5.74) is 1.45. The van der Waals surface area contributed by atoms with E-state index in [0.717, 1.165) is 31.9 Å². The van der Waals surface area contributed by atoms with Crippen LogP contribution in [0.1, 0.15) is 5.89 Å². The smallest absolute Gasteiger partial charge is 0.270 e. The normalized spacial score (nSPS) is 14.6. The predicted molar refractivity (Wildman–Crippen MR) is 113 cm³/mol. The Morgan fingerprint density at radius 3 is 2.62 bits per heavy atom. The van der Waals surface area contributed by atoms with Gasteiger partial charge in [0, 0.05) is 43.9 Å². The summed E-state index contributed by atoms with van der Waals surface area (Å²) in [4.78, 5) is 19.3. The van der Waals surface area contributed by atoms with E-state index in [0.29, 0.717) is 29.8 Å². The van der Waals surface area contributed by atoms with Crippen molar-refractivity contribution in [2.45, 2.75) is 6.54 Å². The van der Waals surface area contributed by atoms with Crippen molar-refractivity contribution in [3.63, 3.8) is 0 Å². The third-order valence-corrected chi connectivity index (χ3v) is 5.25. The summed E-state index contributed by atoms with van der Waals surface area (Å²) in [7, 11) is 0. The number of nitrogens with zero attached hydrogens (tertiary/aromatic N) is 9. The number of nitro benzene ring substituents is 1. The number of piperazine rings is 1. The molecule has 0 aliphatic carbocycles. The molecule has 0 amide bonds. The van der Waals surface area contributed by atoms with Crippen molar-refractivity contribution >= 4 is 11.6 Å². The van der Waals surface area contributed by atoms with Gasteiger partial charge in [0.25, 0.3) is 5.69 Å². The van der Waals surface area contributed by atoms with E-state index < -0.39 is 4.92 Å². The van der Waals surface area contributed by atoms with Crippen LogP contribution in [-0.2, 0) is 6.54 Å². The SMILES string of the molecule is O=[N+]([O-])c1cccc(-c2noc(CN3CCN(c4nnnn4-c4ccccc4)CC3)n2)c1. The Hall–Kier alpha value is -4.19. The quantitative estimate of drug-likeness (QED) is 0.328. The number of non-ortho nitro benzene ring substituents is 1. The Balaban J connectivity index is 1.22. The van der Waals surface area contributed by atoms with Crippen molar-refractivity contribution < 1.29 is 9.45 Å². The van der Waals surface area contributed by atoms with Crippen molar-refractivity contribution in [2.75, 3.05) is 31.1 Å². The van der Waals surface area contributed by atoms with Crippen LogP contribution in [0.3, 0.4) is 0 Å². The van der Waals surface area contributed by atoms with Crippen molar-refractivity contribution in [1.29, 1.82) is 0 Å². The molecule has 0 bridgehead atoms. The largest absolute Gasteiger partial charge is 0.338 e. The van der Waals surface area contributed by atoms with E-state index in [1.54, 1.807) is 16.8 Å². The number of rotatable bonds is 6. The van der Waals surface area contributed by atoms with E-state index >= 15 is 0 Å². The summed E-state index contributed by atoms with van der Waals surface area (Å²) in [6.45, 7) is 3.55. The molecule has 0 saturated carbocycles. The number of benzene rings is 2. The number of anilines is 1. The first kappa shape index (κ1) is 19.8. The molecule has 162 valence electrons.